The Hall–Kier alpha value is -7.04. The molecule has 0 radical (unpaired) electrons. The van der Waals surface area contributed by atoms with Crippen molar-refractivity contribution in [1.82, 2.24) is 19.9 Å². The van der Waals surface area contributed by atoms with Crippen molar-refractivity contribution in [3.63, 3.8) is 0 Å². The van der Waals surface area contributed by atoms with Crippen LogP contribution in [0, 0.1) is 0 Å². The predicted molar refractivity (Wildman–Crippen MR) is 215 cm³/mol. The third kappa shape index (κ3) is 5.09. The van der Waals surface area contributed by atoms with Crippen molar-refractivity contribution in [1.29, 1.82) is 0 Å². The van der Waals surface area contributed by atoms with Gasteiger partial charge in [-0.15, -0.1) is 0 Å². The standard InChI is InChI=1S/C48H30N4/c1-3-12-31(13-4-1)44-30-45(32-14-5-2-6-15-32)52-48(51-44)42-27-25-40(36-18-8-10-20-38(36)42)39-24-26-41(37-19-9-7-17-35(37)39)43-28-23-34-22-21-33-16-11-29-49-46(33)47(34)50-43/h1-30H. The number of pyridine rings is 2. The SMILES string of the molecule is c1ccc(-c2cc(-c3ccccc3)nc(-c3ccc(-c4ccc(-c5ccc6ccc7cccnc7c6n5)c5ccccc45)c4ccccc34)n2)cc1. The molecular formula is C48H30N4. The fraction of sp³-hybridized carbons (Fsp3) is 0. The summed E-state index contributed by atoms with van der Waals surface area (Å²) in [5.41, 5.74) is 11.1. The van der Waals surface area contributed by atoms with E-state index >= 15 is 0 Å². The number of benzene rings is 7. The van der Waals surface area contributed by atoms with Gasteiger partial charge < -0.3 is 0 Å². The molecule has 242 valence electrons. The van der Waals surface area contributed by atoms with Gasteiger partial charge in [-0.2, -0.15) is 0 Å². The Morgan fingerprint density at radius 2 is 0.788 bits per heavy atom. The first-order valence-electron chi connectivity index (χ1n) is 17.5. The van der Waals surface area contributed by atoms with Gasteiger partial charge in [0.1, 0.15) is 0 Å². The first kappa shape index (κ1) is 29.8. The Morgan fingerprint density at radius 3 is 1.40 bits per heavy atom. The third-order valence-corrected chi connectivity index (χ3v) is 9.95. The van der Waals surface area contributed by atoms with Crippen LogP contribution in [0.25, 0.3) is 99.6 Å². The van der Waals surface area contributed by atoms with Crippen LogP contribution in [0.1, 0.15) is 0 Å². The summed E-state index contributed by atoms with van der Waals surface area (Å²) in [6.07, 6.45) is 1.84. The molecule has 0 atom stereocenters. The number of hydrogen-bond acceptors (Lipinski definition) is 4. The highest BCUT2D eigenvalue weighted by atomic mass is 14.9. The summed E-state index contributed by atoms with van der Waals surface area (Å²) >= 11 is 0. The van der Waals surface area contributed by atoms with Gasteiger partial charge in [0.15, 0.2) is 5.82 Å². The molecule has 0 amide bonds. The first-order chi connectivity index (χ1) is 25.8. The summed E-state index contributed by atoms with van der Waals surface area (Å²) in [6.45, 7) is 0. The van der Waals surface area contributed by atoms with Gasteiger partial charge in [-0.05, 0) is 56.9 Å². The fourth-order valence-corrected chi connectivity index (χ4v) is 7.44. The molecule has 0 unspecified atom stereocenters. The molecule has 52 heavy (non-hydrogen) atoms. The zero-order valence-corrected chi connectivity index (χ0v) is 28.1. The maximum absolute atomic E-state index is 5.20. The van der Waals surface area contributed by atoms with Gasteiger partial charge in [0.25, 0.3) is 0 Å². The molecule has 0 bridgehead atoms. The van der Waals surface area contributed by atoms with Crippen molar-refractivity contribution < 1.29 is 0 Å². The molecule has 0 aliphatic carbocycles. The molecule has 10 rings (SSSR count). The van der Waals surface area contributed by atoms with Crippen LogP contribution in [0.4, 0.5) is 0 Å². The van der Waals surface area contributed by atoms with Gasteiger partial charge in [-0.1, -0.05) is 152 Å². The maximum atomic E-state index is 5.20. The van der Waals surface area contributed by atoms with Gasteiger partial charge in [-0.25, -0.2) is 15.0 Å². The van der Waals surface area contributed by atoms with Crippen LogP contribution in [0.3, 0.4) is 0 Å². The summed E-state index contributed by atoms with van der Waals surface area (Å²) in [5, 5.41) is 6.74. The summed E-state index contributed by atoms with van der Waals surface area (Å²) in [4.78, 5) is 20.2. The highest BCUT2D eigenvalue weighted by Gasteiger charge is 2.17. The topological polar surface area (TPSA) is 51.6 Å². The molecule has 0 aliphatic heterocycles. The van der Waals surface area contributed by atoms with Crippen molar-refractivity contribution in [3.05, 3.63) is 182 Å². The smallest absolute Gasteiger partial charge is 0.161 e. The Balaban J connectivity index is 1.14. The van der Waals surface area contributed by atoms with Crippen LogP contribution in [-0.2, 0) is 0 Å². The average molecular weight is 663 g/mol. The van der Waals surface area contributed by atoms with E-state index in [-0.39, 0.29) is 0 Å². The molecule has 3 aromatic heterocycles. The van der Waals surface area contributed by atoms with E-state index in [1.165, 1.54) is 10.9 Å². The Bertz CT molecular complexity index is 2900. The van der Waals surface area contributed by atoms with Crippen molar-refractivity contribution in [2.75, 3.05) is 0 Å². The molecule has 10 aromatic rings. The van der Waals surface area contributed by atoms with Crippen LogP contribution in [0.2, 0.25) is 0 Å². The Morgan fingerprint density at radius 1 is 0.308 bits per heavy atom. The maximum Gasteiger partial charge on any atom is 0.161 e. The van der Waals surface area contributed by atoms with E-state index in [0.29, 0.717) is 5.82 Å². The van der Waals surface area contributed by atoms with Gasteiger partial charge in [-0.3, -0.25) is 4.98 Å². The minimum Gasteiger partial charge on any atom is -0.254 e. The van der Waals surface area contributed by atoms with Crippen LogP contribution in [-0.4, -0.2) is 19.9 Å². The quantitative estimate of drug-likeness (QED) is 0.172. The zero-order valence-electron chi connectivity index (χ0n) is 28.1. The second kappa shape index (κ2) is 12.4. The molecule has 0 fully saturated rings. The minimum absolute atomic E-state index is 0.701. The molecule has 7 aromatic carbocycles. The van der Waals surface area contributed by atoms with E-state index in [9.17, 15) is 0 Å². The minimum atomic E-state index is 0.701. The van der Waals surface area contributed by atoms with E-state index in [1.54, 1.807) is 0 Å². The van der Waals surface area contributed by atoms with Crippen LogP contribution < -0.4 is 0 Å². The van der Waals surface area contributed by atoms with E-state index < -0.39 is 0 Å². The van der Waals surface area contributed by atoms with Crippen molar-refractivity contribution in [3.8, 4) is 56.3 Å². The number of rotatable bonds is 5. The fourth-order valence-electron chi connectivity index (χ4n) is 7.44. The molecule has 4 heteroatoms. The molecule has 0 N–H and O–H groups in total. The van der Waals surface area contributed by atoms with Crippen LogP contribution >= 0.6 is 0 Å². The van der Waals surface area contributed by atoms with Gasteiger partial charge in [0, 0.05) is 39.2 Å². The molecule has 0 spiro atoms. The van der Waals surface area contributed by atoms with E-state index in [1.807, 2.05) is 48.7 Å². The van der Waals surface area contributed by atoms with E-state index in [0.717, 1.165) is 82.9 Å². The monoisotopic (exact) mass is 662 g/mol. The molecule has 4 nitrogen and oxygen atoms in total. The van der Waals surface area contributed by atoms with E-state index in [4.69, 9.17) is 15.0 Å². The first-order valence-corrected chi connectivity index (χ1v) is 17.5. The highest BCUT2D eigenvalue weighted by Crippen LogP contribution is 2.41. The molecular weight excluding hydrogens is 633 g/mol. The van der Waals surface area contributed by atoms with Crippen molar-refractivity contribution in [2.24, 2.45) is 0 Å². The number of aromatic nitrogens is 4. The lowest BCUT2D eigenvalue weighted by molar-refractivity contribution is 1.19. The average Bonchev–Trinajstić information content (AvgIpc) is 3.23. The van der Waals surface area contributed by atoms with Crippen molar-refractivity contribution in [2.45, 2.75) is 0 Å². The second-order valence-electron chi connectivity index (χ2n) is 13.0. The third-order valence-electron chi connectivity index (χ3n) is 9.95. The molecule has 3 heterocycles. The van der Waals surface area contributed by atoms with Crippen LogP contribution in [0.15, 0.2) is 182 Å². The molecule has 0 aliphatic rings. The van der Waals surface area contributed by atoms with Gasteiger partial charge in [0.2, 0.25) is 0 Å². The summed E-state index contributed by atoms with van der Waals surface area (Å²) in [5.74, 6) is 0.701. The Kier molecular flexibility index (Phi) is 7.10. The lowest BCUT2D eigenvalue weighted by atomic mass is 9.89. The Labute approximate surface area is 300 Å². The number of fused-ring (bicyclic) bond motifs is 5. The number of nitrogens with zero attached hydrogens (tertiary/aromatic N) is 4. The molecule has 0 saturated carbocycles. The summed E-state index contributed by atoms with van der Waals surface area (Å²) < 4.78 is 0. The normalized spacial score (nSPS) is 11.5. The largest absolute Gasteiger partial charge is 0.254 e. The molecule has 0 saturated heterocycles. The second-order valence-corrected chi connectivity index (χ2v) is 13.0. The zero-order chi connectivity index (χ0) is 34.4. The summed E-state index contributed by atoms with van der Waals surface area (Å²) in [6, 6.07) is 61.4. The van der Waals surface area contributed by atoms with Gasteiger partial charge in [0.05, 0.1) is 28.1 Å². The predicted octanol–water partition coefficient (Wildman–Crippen LogP) is 12.2. The lowest BCUT2D eigenvalue weighted by Gasteiger charge is -2.16. The van der Waals surface area contributed by atoms with E-state index in [2.05, 4.69) is 138 Å². The van der Waals surface area contributed by atoms with Crippen molar-refractivity contribution >= 4 is 43.4 Å². The summed E-state index contributed by atoms with van der Waals surface area (Å²) in [7, 11) is 0. The lowest BCUT2D eigenvalue weighted by Crippen LogP contribution is -1.97. The van der Waals surface area contributed by atoms with Gasteiger partial charge >= 0.3 is 0 Å². The van der Waals surface area contributed by atoms with Crippen LogP contribution in [0.5, 0.6) is 0 Å². The highest BCUT2D eigenvalue weighted by molar-refractivity contribution is 6.12. The number of hydrogen-bond donors (Lipinski definition) is 0.